The third kappa shape index (κ3) is 5.40. The second kappa shape index (κ2) is 9.20. The van der Waals surface area contributed by atoms with E-state index in [0.717, 1.165) is 41.1 Å². The van der Waals surface area contributed by atoms with Crippen LogP contribution in [0, 0.1) is 11.3 Å². The largest absolute Gasteiger partial charge is 0.481 e. The van der Waals surface area contributed by atoms with Crippen molar-refractivity contribution in [2.24, 2.45) is 11.3 Å². The summed E-state index contributed by atoms with van der Waals surface area (Å²) < 4.78 is 2.39. The normalized spacial score (nSPS) is 20.3. The van der Waals surface area contributed by atoms with Crippen LogP contribution in [-0.2, 0) is 11.2 Å². The van der Waals surface area contributed by atoms with Gasteiger partial charge in [-0.15, -0.1) is 0 Å². The summed E-state index contributed by atoms with van der Waals surface area (Å²) in [5.74, 6) is 1.25. The van der Waals surface area contributed by atoms with Crippen LogP contribution in [0.4, 0.5) is 11.6 Å². The molecular formula is C28H37N3O2. The van der Waals surface area contributed by atoms with Crippen LogP contribution in [0.2, 0.25) is 0 Å². The van der Waals surface area contributed by atoms with Crippen LogP contribution in [0.5, 0.6) is 0 Å². The molecule has 5 heteroatoms. The van der Waals surface area contributed by atoms with E-state index in [4.69, 9.17) is 10.1 Å². The zero-order valence-electron chi connectivity index (χ0n) is 20.6. The van der Waals surface area contributed by atoms with Gasteiger partial charge in [0.25, 0.3) is 0 Å². The van der Waals surface area contributed by atoms with E-state index in [1.54, 1.807) is 0 Å². The average Bonchev–Trinajstić information content (AvgIpc) is 3.08. The van der Waals surface area contributed by atoms with Crippen molar-refractivity contribution in [2.45, 2.75) is 78.7 Å². The van der Waals surface area contributed by atoms with Crippen molar-refractivity contribution in [3.8, 4) is 0 Å². The number of carboxylic acid groups (broad SMARTS) is 1. The van der Waals surface area contributed by atoms with Gasteiger partial charge in [0, 0.05) is 18.2 Å². The fraction of sp³-hybridized carbons (Fsp3) is 0.500. The van der Waals surface area contributed by atoms with Crippen LogP contribution in [0.3, 0.4) is 0 Å². The summed E-state index contributed by atoms with van der Waals surface area (Å²) in [6.45, 7) is 11.5. The molecule has 2 aromatic carbocycles. The molecule has 1 heterocycles. The van der Waals surface area contributed by atoms with Gasteiger partial charge in [0.2, 0.25) is 5.95 Å². The molecular weight excluding hydrogens is 410 g/mol. The Labute approximate surface area is 197 Å². The number of aromatic nitrogens is 2. The summed E-state index contributed by atoms with van der Waals surface area (Å²) in [5, 5.41) is 12.7. The Hall–Kier alpha value is -2.82. The van der Waals surface area contributed by atoms with Gasteiger partial charge in [-0.2, -0.15) is 0 Å². The van der Waals surface area contributed by atoms with Gasteiger partial charge in [0.05, 0.1) is 11.0 Å². The maximum Gasteiger partial charge on any atom is 0.303 e. The Kier molecular flexibility index (Phi) is 6.51. The number of rotatable bonds is 7. The van der Waals surface area contributed by atoms with E-state index in [-0.39, 0.29) is 11.8 Å². The highest BCUT2D eigenvalue weighted by atomic mass is 16.4. The third-order valence-corrected chi connectivity index (χ3v) is 6.94. The molecule has 0 unspecified atom stereocenters. The van der Waals surface area contributed by atoms with Crippen LogP contribution >= 0.6 is 0 Å². The van der Waals surface area contributed by atoms with E-state index in [9.17, 15) is 4.79 Å². The molecule has 0 amide bonds. The lowest BCUT2D eigenvalue weighted by atomic mass is 9.70. The minimum absolute atomic E-state index is 0.133. The molecule has 2 N–H and O–H groups in total. The van der Waals surface area contributed by atoms with Gasteiger partial charge < -0.3 is 15.0 Å². The van der Waals surface area contributed by atoms with E-state index < -0.39 is 5.97 Å². The second-order valence-electron chi connectivity index (χ2n) is 11.0. The maximum atomic E-state index is 11.0. The Balaban J connectivity index is 1.74. The maximum absolute atomic E-state index is 11.0. The fourth-order valence-electron chi connectivity index (χ4n) is 5.58. The zero-order chi connectivity index (χ0) is 23.8. The SMILES string of the molecule is CC(C)c1ccc(Nc2nc3cc(CCC(=O)O)ccc3n2[C@H]2C[C@H](C)CC(C)(C)C2)cc1. The van der Waals surface area contributed by atoms with Crippen LogP contribution in [-0.4, -0.2) is 20.6 Å². The Morgan fingerprint density at radius 2 is 1.91 bits per heavy atom. The number of hydrogen-bond donors (Lipinski definition) is 2. The monoisotopic (exact) mass is 447 g/mol. The number of anilines is 2. The molecule has 0 aliphatic heterocycles. The molecule has 1 aliphatic carbocycles. The third-order valence-electron chi connectivity index (χ3n) is 6.94. The van der Waals surface area contributed by atoms with Gasteiger partial charge in [0.1, 0.15) is 0 Å². The number of nitrogens with one attached hydrogen (secondary N) is 1. The highest BCUT2D eigenvalue weighted by Crippen LogP contribution is 2.46. The molecule has 1 aliphatic rings. The predicted molar refractivity (Wildman–Crippen MR) is 135 cm³/mol. The average molecular weight is 448 g/mol. The van der Waals surface area contributed by atoms with Gasteiger partial charge in [-0.3, -0.25) is 4.79 Å². The molecule has 0 saturated heterocycles. The lowest BCUT2D eigenvalue weighted by Crippen LogP contribution is -2.29. The predicted octanol–water partition coefficient (Wildman–Crippen LogP) is 7.31. The molecule has 1 saturated carbocycles. The second-order valence-corrected chi connectivity index (χ2v) is 11.0. The first kappa shape index (κ1) is 23.3. The van der Waals surface area contributed by atoms with Crippen LogP contribution in [0.15, 0.2) is 42.5 Å². The lowest BCUT2D eigenvalue weighted by molar-refractivity contribution is -0.136. The van der Waals surface area contributed by atoms with Crippen LogP contribution < -0.4 is 5.32 Å². The smallest absolute Gasteiger partial charge is 0.303 e. The minimum Gasteiger partial charge on any atom is -0.481 e. The molecule has 176 valence electrons. The van der Waals surface area contributed by atoms with Gasteiger partial charge >= 0.3 is 5.97 Å². The van der Waals surface area contributed by atoms with E-state index in [1.165, 1.54) is 12.0 Å². The lowest BCUT2D eigenvalue weighted by Gasteiger charge is -2.40. The molecule has 1 fully saturated rings. The summed E-state index contributed by atoms with van der Waals surface area (Å²) in [7, 11) is 0. The van der Waals surface area contributed by atoms with Crippen molar-refractivity contribution in [1.29, 1.82) is 0 Å². The summed E-state index contributed by atoms with van der Waals surface area (Å²) in [6.07, 6.45) is 4.15. The minimum atomic E-state index is -0.772. The number of aryl methyl sites for hydroxylation is 1. The quantitative estimate of drug-likeness (QED) is 0.398. The van der Waals surface area contributed by atoms with Crippen molar-refractivity contribution < 1.29 is 9.90 Å². The van der Waals surface area contributed by atoms with Crippen molar-refractivity contribution in [1.82, 2.24) is 9.55 Å². The number of fused-ring (bicyclic) bond motifs is 1. The summed E-state index contributed by atoms with van der Waals surface area (Å²) >= 11 is 0. The number of aliphatic carboxylic acids is 1. The molecule has 1 aromatic heterocycles. The topological polar surface area (TPSA) is 67.2 Å². The van der Waals surface area contributed by atoms with E-state index in [0.29, 0.717) is 24.3 Å². The summed E-state index contributed by atoms with van der Waals surface area (Å²) in [4.78, 5) is 16.0. The zero-order valence-corrected chi connectivity index (χ0v) is 20.6. The Bertz CT molecular complexity index is 1130. The van der Waals surface area contributed by atoms with Crippen molar-refractivity contribution in [3.63, 3.8) is 0 Å². The summed E-state index contributed by atoms with van der Waals surface area (Å²) in [6, 6.07) is 15.2. The van der Waals surface area contributed by atoms with Crippen molar-refractivity contribution in [2.75, 3.05) is 5.32 Å². The number of hydrogen-bond acceptors (Lipinski definition) is 3. The first-order chi connectivity index (χ1) is 15.6. The van der Waals surface area contributed by atoms with E-state index in [1.807, 2.05) is 0 Å². The molecule has 3 aromatic rings. The number of nitrogens with zero attached hydrogens (tertiary/aromatic N) is 2. The number of carboxylic acids is 1. The molecule has 0 radical (unpaired) electrons. The van der Waals surface area contributed by atoms with Gasteiger partial charge in [-0.05, 0) is 78.3 Å². The van der Waals surface area contributed by atoms with E-state index >= 15 is 0 Å². The van der Waals surface area contributed by atoms with Crippen molar-refractivity contribution in [3.05, 3.63) is 53.6 Å². The molecule has 33 heavy (non-hydrogen) atoms. The number of imidazole rings is 1. The standard InChI is InChI=1S/C28H37N3O2/c1-18(2)21-8-10-22(11-9-21)29-27-30-24-15-20(7-13-26(32)33)6-12-25(24)31(27)23-14-19(3)16-28(4,5)17-23/h6,8-12,15,18-19,23H,7,13-14,16-17H2,1-5H3,(H,29,30)(H,32,33)/t19-,23-/m0/s1. The Morgan fingerprint density at radius 3 is 2.55 bits per heavy atom. The number of carbonyl (C=O) groups is 1. The number of benzene rings is 2. The van der Waals surface area contributed by atoms with Crippen LogP contribution in [0.1, 0.15) is 83.4 Å². The summed E-state index contributed by atoms with van der Waals surface area (Å²) in [5.41, 5.74) is 5.70. The van der Waals surface area contributed by atoms with Crippen molar-refractivity contribution >= 4 is 28.6 Å². The highest BCUT2D eigenvalue weighted by Gasteiger charge is 2.34. The van der Waals surface area contributed by atoms with Gasteiger partial charge in [0.15, 0.2) is 0 Å². The first-order valence-electron chi connectivity index (χ1n) is 12.2. The van der Waals surface area contributed by atoms with Crippen LogP contribution in [0.25, 0.3) is 11.0 Å². The fourth-order valence-corrected chi connectivity index (χ4v) is 5.58. The van der Waals surface area contributed by atoms with Gasteiger partial charge in [-0.25, -0.2) is 4.98 Å². The molecule has 4 rings (SSSR count). The van der Waals surface area contributed by atoms with Gasteiger partial charge in [-0.1, -0.05) is 52.8 Å². The van der Waals surface area contributed by atoms with E-state index in [2.05, 4.69) is 87.0 Å². The molecule has 2 atom stereocenters. The molecule has 5 nitrogen and oxygen atoms in total. The Morgan fingerprint density at radius 1 is 1.18 bits per heavy atom. The molecule has 0 spiro atoms. The first-order valence-corrected chi connectivity index (χ1v) is 12.2. The highest BCUT2D eigenvalue weighted by molar-refractivity contribution is 5.81. The molecule has 0 bridgehead atoms.